The van der Waals surface area contributed by atoms with Gasteiger partial charge >= 0.3 is 0 Å². The van der Waals surface area contributed by atoms with E-state index in [9.17, 15) is 4.55 Å². The van der Waals surface area contributed by atoms with Gasteiger partial charge in [0, 0.05) is 35.8 Å². The number of fused-ring (bicyclic) bond motifs is 2. The second kappa shape index (κ2) is 7.45. The number of anilines is 1. The molecule has 8 heteroatoms. The maximum absolute atomic E-state index is 13.1. The molecule has 32 heavy (non-hydrogen) atoms. The van der Waals surface area contributed by atoms with Crippen molar-refractivity contribution < 1.29 is 4.55 Å². The Balaban J connectivity index is 1.22. The Labute approximate surface area is 196 Å². The Hall–Kier alpha value is -1.61. The van der Waals surface area contributed by atoms with Crippen molar-refractivity contribution in [3.63, 3.8) is 0 Å². The van der Waals surface area contributed by atoms with E-state index in [0.29, 0.717) is 5.92 Å². The number of rotatable bonds is 4. The Morgan fingerprint density at radius 3 is 2.62 bits per heavy atom. The molecule has 3 aliphatic rings. The summed E-state index contributed by atoms with van der Waals surface area (Å²) >= 11 is 0.607. The van der Waals surface area contributed by atoms with Crippen molar-refractivity contribution in [2.75, 3.05) is 18.0 Å². The zero-order chi connectivity index (χ0) is 22.1. The summed E-state index contributed by atoms with van der Waals surface area (Å²) in [5, 5.41) is 5.93. The highest BCUT2D eigenvalue weighted by Gasteiger charge is 2.50. The van der Waals surface area contributed by atoms with Crippen LogP contribution in [0.5, 0.6) is 0 Å². The number of nitrogens with one attached hydrogen (secondary N) is 1. The first-order chi connectivity index (χ1) is 15.3. The van der Waals surface area contributed by atoms with E-state index in [1.54, 1.807) is 11.3 Å². The van der Waals surface area contributed by atoms with E-state index in [4.69, 9.17) is 10.1 Å². The first-order valence-electron chi connectivity index (χ1n) is 11.7. The molecule has 1 saturated carbocycles. The number of aromatic nitrogens is 3. The minimum Gasteiger partial charge on any atom is -0.598 e. The van der Waals surface area contributed by atoms with Crippen LogP contribution in [0.25, 0.3) is 4.96 Å². The normalized spacial score (nSPS) is 23.8. The summed E-state index contributed by atoms with van der Waals surface area (Å²) in [5.74, 6) is 0.661. The lowest BCUT2D eigenvalue weighted by Gasteiger charge is -2.43. The fourth-order valence-electron chi connectivity index (χ4n) is 5.28. The van der Waals surface area contributed by atoms with Crippen molar-refractivity contribution in [1.29, 1.82) is 0 Å². The minimum atomic E-state index is -1.10. The number of hydrogen-bond acceptors (Lipinski definition) is 6. The van der Waals surface area contributed by atoms with Crippen LogP contribution in [0.1, 0.15) is 75.2 Å². The van der Waals surface area contributed by atoms with Gasteiger partial charge in [0.05, 0.1) is 17.9 Å². The monoisotopic (exact) mass is 469 g/mol. The molecule has 3 aromatic rings. The standard InChI is InChI=1S/C24H31N5OS2/c1-23(2,3)32(30)27-20-18-7-5-4-6-17(18)14-24(20)10-12-28(13-11-24)22-26-29-15-19(16-8-9-16)25-21(29)31-22/h4-7,15-16,20,27H,8-14H2,1-3H3/t20-,32-/m1/s1. The molecule has 170 valence electrons. The largest absolute Gasteiger partial charge is 0.598 e. The molecule has 2 aliphatic carbocycles. The summed E-state index contributed by atoms with van der Waals surface area (Å²) in [6.07, 6.45) is 7.84. The molecule has 1 aromatic carbocycles. The van der Waals surface area contributed by atoms with Crippen LogP contribution in [0, 0.1) is 5.41 Å². The zero-order valence-corrected chi connectivity index (χ0v) is 20.6. The average molecular weight is 470 g/mol. The summed E-state index contributed by atoms with van der Waals surface area (Å²) in [7, 11) is 0. The molecule has 3 heterocycles. The fourth-order valence-corrected chi connectivity index (χ4v) is 7.17. The van der Waals surface area contributed by atoms with Crippen LogP contribution in [0.4, 0.5) is 5.13 Å². The molecule has 1 N–H and O–H groups in total. The third-order valence-electron chi connectivity index (χ3n) is 7.38. The molecule has 2 atom stereocenters. The molecule has 0 amide bonds. The molecule has 0 unspecified atom stereocenters. The van der Waals surface area contributed by atoms with Crippen molar-refractivity contribution in [3.05, 3.63) is 47.3 Å². The highest BCUT2D eigenvalue weighted by molar-refractivity contribution is 7.90. The topological polar surface area (TPSA) is 68.5 Å². The van der Waals surface area contributed by atoms with Crippen molar-refractivity contribution in [2.45, 2.75) is 69.6 Å². The van der Waals surface area contributed by atoms with Crippen LogP contribution < -0.4 is 9.62 Å². The van der Waals surface area contributed by atoms with Crippen molar-refractivity contribution in [3.8, 4) is 0 Å². The highest BCUT2D eigenvalue weighted by atomic mass is 32.2. The lowest BCUT2D eigenvalue weighted by molar-refractivity contribution is 0.176. The van der Waals surface area contributed by atoms with E-state index in [2.05, 4.69) is 40.1 Å². The minimum absolute atomic E-state index is 0.109. The Morgan fingerprint density at radius 2 is 1.94 bits per heavy atom. The van der Waals surface area contributed by atoms with Gasteiger partial charge in [0.15, 0.2) is 0 Å². The number of nitrogens with zero attached hydrogens (tertiary/aromatic N) is 4. The van der Waals surface area contributed by atoms with Crippen LogP contribution in [0.3, 0.4) is 0 Å². The van der Waals surface area contributed by atoms with Gasteiger partial charge in [-0.2, -0.15) is 0 Å². The molecule has 2 fully saturated rings. The maximum Gasteiger partial charge on any atom is 0.214 e. The lowest BCUT2D eigenvalue weighted by atomic mass is 9.73. The van der Waals surface area contributed by atoms with E-state index in [1.807, 2.05) is 25.3 Å². The predicted molar refractivity (Wildman–Crippen MR) is 131 cm³/mol. The number of imidazole rings is 1. The van der Waals surface area contributed by atoms with Crippen LogP contribution in [-0.4, -0.2) is 37.0 Å². The van der Waals surface area contributed by atoms with E-state index < -0.39 is 11.4 Å². The van der Waals surface area contributed by atoms with Gasteiger partial charge in [0.1, 0.15) is 4.75 Å². The number of piperidine rings is 1. The van der Waals surface area contributed by atoms with E-state index in [-0.39, 0.29) is 16.2 Å². The summed E-state index contributed by atoms with van der Waals surface area (Å²) in [6, 6.07) is 8.85. The summed E-state index contributed by atoms with van der Waals surface area (Å²) < 4.78 is 18.3. The van der Waals surface area contributed by atoms with Crippen molar-refractivity contribution in [1.82, 2.24) is 19.3 Å². The molecular formula is C24H31N5OS2. The third kappa shape index (κ3) is 3.56. The zero-order valence-electron chi connectivity index (χ0n) is 19.0. The molecule has 1 aliphatic heterocycles. The Morgan fingerprint density at radius 1 is 1.19 bits per heavy atom. The predicted octanol–water partition coefficient (Wildman–Crippen LogP) is 4.60. The molecular weight excluding hydrogens is 438 g/mol. The van der Waals surface area contributed by atoms with Crippen LogP contribution in [0.2, 0.25) is 0 Å². The van der Waals surface area contributed by atoms with E-state index in [0.717, 1.165) is 42.4 Å². The van der Waals surface area contributed by atoms with Gasteiger partial charge in [-0.15, -0.1) is 9.82 Å². The van der Waals surface area contributed by atoms with Crippen LogP contribution >= 0.6 is 11.3 Å². The quantitative estimate of drug-likeness (QED) is 0.566. The van der Waals surface area contributed by atoms with Gasteiger partial charge in [-0.3, -0.25) is 0 Å². The van der Waals surface area contributed by atoms with Crippen molar-refractivity contribution >= 4 is 32.8 Å². The molecule has 0 radical (unpaired) electrons. The van der Waals surface area contributed by atoms with Gasteiger partial charge in [-0.25, -0.2) is 9.50 Å². The van der Waals surface area contributed by atoms with Gasteiger partial charge in [-0.05, 0) is 64.0 Å². The molecule has 1 spiro atoms. The summed E-state index contributed by atoms with van der Waals surface area (Å²) in [4.78, 5) is 8.23. The smallest absolute Gasteiger partial charge is 0.214 e. The number of benzene rings is 1. The highest BCUT2D eigenvalue weighted by Crippen LogP contribution is 2.53. The Bertz CT molecular complexity index is 1110. The molecule has 0 bridgehead atoms. The van der Waals surface area contributed by atoms with Crippen LogP contribution in [0.15, 0.2) is 30.5 Å². The van der Waals surface area contributed by atoms with Gasteiger partial charge in [0.2, 0.25) is 10.1 Å². The molecule has 6 nitrogen and oxygen atoms in total. The summed E-state index contributed by atoms with van der Waals surface area (Å²) in [6.45, 7) is 8.07. The second-order valence-electron chi connectivity index (χ2n) is 10.7. The fraction of sp³-hybridized carbons (Fsp3) is 0.583. The van der Waals surface area contributed by atoms with Crippen LogP contribution in [-0.2, 0) is 17.8 Å². The third-order valence-corrected chi connectivity index (χ3v) is 9.92. The molecule has 1 saturated heterocycles. The molecule has 6 rings (SSSR count). The van der Waals surface area contributed by atoms with E-state index >= 15 is 0 Å². The lowest BCUT2D eigenvalue weighted by Crippen LogP contribution is -2.49. The SMILES string of the molecule is CC(C)(C)[S@@+]([O-])N[C@@H]1c2ccccc2CC12CCN(c1nn3cc(C4CC4)nc3s1)CC2. The van der Waals surface area contributed by atoms with Gasteiger partial charge in [0.25, 0.3) is 0 Å². The average Bonchev–Trinajstić information content (AvgIpc) is 3.32. The second-order valence-corrected chi connectivity index (χ2v) is 13.6. The van der Waals surface area contributed by atoms with Gasteiger partial charge < -0.3 is 9.45 Å². The number of hydrogen-bond donors (Lipinski definition) is 1. The first-order valence-corrected chi connectivity index (χ1v) is 13.7. The van der Waals surface area contributed by atoms with Gasteiger partial charge in [-0.1, -0.05) is 35.6 Å². The molecule has 2 aromatic heterocycles. The Kier molecular flexibility index (Phi) is 4.88. The summed E-state index contributed by atoms with van der Waals surface area (Å²) in [5.41, 5.74) is 4.05. The van der Waals surface area contributed by atoms with E-state index in [1.165, 1.54) is 29.7 Å². The maximum atomic E-state index is 13.1. The van der Waals surface area contributed by atoms with Crippen molar-refractivity contribution in [2.24, 2.45) is 5.41 Å². The first kappa shape index (κ1) is 21.0.